The topological polar surface area (TPSA) is 52.0 Å². The van der Waals surface area contributed by atoms with Crippen molar-refractivity contribution in [3.63, 3.8) is 0 Å². The maximum Gasteiger partial charge on any atom is 0.0930 e. The Hall–Kier alpha value is -0.660. The van der Waals surface area contributed by atoms with Gasteiger partial charge < -0.3 is 11.5 Å². The van der Waals surface area contributed by atoms with Crippen LogP contribution < -0.4 is 11.5 Å². The lowest BCUT2D eigenvalue weighted by atomic mass is 9.70. The van der Waals surface area contributed by atoms with Crippen molar-refractivity contribution in [2.24, 2.45) is 16.9 Å². The van der Waals surface area contributed by atoms with Crippen LogP contribution >= 0.6 is 0 Å². The molecule has 0 rings (SSSR count). The summed E-state index contributed by atoms with van der Waals surface area (Å²) in [6.07, 6.45) is 27.4. The summed E-state index contributed by atoms with van der Waals surface area (Å²) in [6, 6.07) is 0. The van der Waals surface area contributed by atoms with Crippen molar-refractivity contribution in [2.75, 3.05) is 0 Å². The maximum absolute atomic E-state index is 6.00. The number of hydrogen-bond donors (Lipinski definition) is 2. The third-order valence-electron chi connectivity index (χ3n) is 7.20. The maximum atomic E-state index is 6.00. The molecule has 0 saturated heterocycles. The molecule has 4 N–H and O–H groups in total. The number of hydrogen-bond acceptors (Lipinski definition) is 2. The molecule has 0 fully saturated rings. The highest BCUT2D eigenvalue weighted by Gasteiger charge is 2.30. The van der Waals surface area contributed by atoms with E-state index < -0.39 is 0 Å². The van der Waals surface area contributed by atoms with Gasteiger partial charge in [0.25, 0.3) is 0 Å². The lowest BCUT2D eigenvalue weighted by Crippen LogP contribution is -2.27. The fourth-order valence-corrected chi connectivity index (χ4v) is 5.08. The average Bonchev–Trinajstić information content (AvgIpc) is 2.72. The van der Waals surface area contributed by atoms with Crippen LogP contribution in [0.3, 0.4) is 0 Å². The zero-order valence-corrected chi connectivity index (χ0v) is 20.8. The van der Waals surface area contributed by atoms with Crippen molar-refractivity contribution in [1.82, 2.24) is 0 Å². The van der Waals surface area contributed by atoms with Crippen LogP contribution in [0, 0.1) is 5.41 Å². The van der Waals surface area contributed by atoms with E-state index in [0.29, 0.717) is 5.82 Å². The molecule has 0 radical (unpaired) electrons. The van der Waals surface area contributed by atoms with Crippen molar-refractivity contribution in [3.05, 3.63) is 11.4 Å². The highest BCUT2D eigenvalue weighted by atomic mass is 14.8. The van der Waals surface area contributed by atoms with Crippen molar-refractivity contribution >= 4 is 0 Å². The van der Waals surface area contributed by atoms with E-state index in [1.54, 1.807) is 0 Å². The second kappa shape index (κ2) is 19.3. The number of unbranched alkanes of at least 4 members (excludes halogenated alkanes) is 15. The summed E-state index contributed by atoms with van der Waals surface area (Å²) in [5.74, 6) is 0.577. The van der Waals surface area contributed by atoms with Crippen LogP contribution in [0.5, 0.6) is 0 Å². The van der Waals surface area contributed by atoms with Gasteiger partial charge in [-0.15, -0.1) is 0 Å². The van der Waals surface area contributed by atoms with Gasteiger partial charge in [0.15, 0.2) is 0 Å². The number of allylic oxidation sites excluding steroid dienone is 1. The summed E-state index contributed by atoms with van der Waals surface area (Å²) in [5, 5.41) is 0. The second-order valence-corrected chi connectivity index (χ2v) is 9.33. The minimum atomic E-state index is 0.240. The molecule has 2 heteroatoms. The Morgan fingerprint density at radius 1 is 0.517 bits per heavy atom. The first-order chi connectivity index (χ1) is 14.1. The van der Waals surface area contributed by atoms with Gasteiger partial charge in [-0.05, 0) is 36.7 Å². The molecular formula is C27H56N2. The van der Waals surface area contributed by atoms with Gasteiger partial charge in [-0.3, -0.25) is 0 Å². The number of nitrogens with two attached hydrogens (primary N) is 2. The standard InChI is InChI=1S/C27H56N2/c1-5-9-10-11-12-13-14-15-16-17-18-19-20-21-22-23-24-27(7-3,8-4)25(6-2)26(28)29/h5-24,28-29H2,1-4H3. The largest absolute Gasteiger partial charge is 0.386 e. The molecule has 0 aliphatic rings. The van der Waals surface area contributed by atoms with Crippen LogP contribution in [0.1, 0.15) is 156 Å². The van der Waals surface area contributed by atoms with Crippen LogP contribution in [0.15, 0.2) is 11.4 Å². The Labute approximate surface area is 184 Å². The van der Waals surface area contributed by atoms with Crippen molar-refractivity contribution < 1.29 is 0 Å². The molecule has 0 heterocycles. The quantitative estimate of drug-likeness (QED) is 0.186. The lowest BCUT2D eigenvalue weighted by molar-refractivity contribution is 0.277. The Balaban J connectivity index is 3.64. The summed E-state index contributed by atoms with van der Waals surface area (Å²) in [5.41, 5.74) is 13.6. The molecule has 0 bridgehead atoms. The van der Waals surface area contributed by atoms with Gasteiger partial charge in [0.2, 0.25) is 0 Å². The first-order valence-corrected chi connectivity index (χ1v) is 13.3. The molecule has 0 atom stereocenters. The molecule has 0 amide bonds. The van der Waals surface area contributed by atoms with Crippen LogP contribution in [0.4, 0.5) is 0 Å². The minimum Gasteiger partial charge on any atom is -0.386 e. The SMILES string of the molecule is CCCCCCCCCCCCCCCCCCC(CC)(CC)C(CC)=C(N)N. The Morgan fingerprint density at radius 3 is 1.14 bits per heavy atom. The zero-order chi connectivity index (χ0) is 21.8. The molecule has 0 unspecified atom stereocenters. The third-order valence-corrected chi connectivity index (χ3v) is 7.20. The van der Waals surface area contributed by atoms with Gasteiger partial charge in [-0.2, -0.15) is 0 Å². The lowest BCUT2D eigenvalue weighted by Gasteiger charge is -2.35. The van der Waals surface area contributed by atoms with Gasteiger partial charge in [-0.25, -0.2) is 0 Å². The molecule has 174 valence electrons. The van der Waals surface area contributed by atoms with Gasteiger partial charge >= 0.3 is 0 Å². The average molecular weight is 409 g/mol. The fraction of sp³-hybridized carbons (Fsp3) is 0.926. The van der Waals surface area contributed by atoms with Crippen molar-refractivity contribution in [2.45, 2.75) is 156 Å². The summed E-state index contributed by atoms with van der Waals surface area (Å²) < 4.78 is 0. The van der Waals surface area contributed by atoms with E-state index in [1.807, 2.05) is 0 Å². The van der Waals surface area contributed by atoms with E-state index in [2.05, 4.69) is 27.7 Å². The van der Waals surface area contributed by atoms with E-state index in [1.165, 1.54) is 115 Å². The molecule has 0 aliphatic carbocycles. The molecule has 0 aliphatic heterocycles. The summed E-state index contributed by atoms with van der Waals surface area (Å²) in [6.45, 7) is 9.09. The first-order valence-electron chi connectivity index (χ1n) is 13.3. The normalized spacial score (nSPS) is 11.7. The molecule has 0 saturated carbocycles. The monoisotopic (exact) mass is 408 g/mol. The van der Waals surface area contributed by atoms with Crippen LogP contribution in [-0.4, -0.2) is 0 Å². The Bertz CT molecular complexity index is 378. The Kier molecular flexibility index (Phi) is 18.9. The van der Waals surface area contributed by atoms with Gasteiger partial charge in [0.05, 0.1) is 5.82 Å². The molecule has 0 aromatic carbocycles. The molecular weight excluding hydrogens is 352 g/mol. The van der Waals surface area contributed by atoms with E-state index in [4.69, 9.17) is 11.5 Å². The van der Waals surface area contributed by atoms with Gasteiger partial charge in [0, 0.05) is 0 Å². The predicted molar refractivity (Wildman–Crippen MR) is 133 cm³/mol. The van der Waals surface area contributed by atoms with Crippen LogP contribution in [0.2, 0.25) is 0 Å². The van der Waals surface area contributed by atoms with Gasteiger partial charge in [-0.1, -0.05) is 130 Å². The second-order valence-electron chi connectivity index (χ2n) is 9.33. The molecule has 29 heavy (non-hydrogen) atoms. The molecule has 0 spiro atoms. The Morgan fingerprint density at radius 2 is 0.862 bits per heavy atom. The van der Waals surface area contributed by atoms with E-state index >= 15 is 0 Å². The summed E-state index contributed by atoms with van der Waals surface area (Å²) in [4.78, 5) is 0. The molecule has 0 aromatic rings. The van der Waals surface area contributed by atoms with Gasteiger partial charge in [0.1, 0.15) is 0 Å². The van der Waals surface area contributed by atoms with E-state index in [0.717, 1.165) is 19.3 Å². The van der Waals surface area contributed by atoms with E-state index in [-0.39, 0.29) is 5.41 Å². The van der Waals surface area contributed by atoms with Crippen molar-refractivity contribution in [3.8, 4) is 0 Å². The predicted octanol–water partition coefficient (Wildman–Crippen LogP) is 8.98. The highest BCUT2D eigenvalue weighted by molar-refractivity contribution is 5.18. The fourth-order valence-electron chi connectivity index (χ4n) is 5.08. The minimum absolute atomic E-state index is 0.240. The highest BCUT2D eigenvalue weighted by Crippen LogP contribution is 2.42. The van der Waals surface area contributed by atoms with Crippen LogP contribution in [-0.2, 0) is 0 Å². The first kappa shape index (κ1) is 28.3. The smallest absolute Gasteiger partial charge is 0.0930 e. The molecule has 0 aromatic heterocycles. The summed E-state index contributed by atoms with van der Waals surface area (Å²) >= 11 is 0. The zero-order valence-electron chi connectivity index (χ0n) is 20.8. The van der Waals surface area contributed by atoms with E-state index in [9.17, 15) is 0 Å². The van der Waals surface area contributed by atoms with Crippen LogP contribution in [0.25, 0.3) is 0 Å². The third kappa shape index (κ3) is 13.3. The van der Waals surface area contributed by atoms with Crippen molar-refractivity contribution in [1.29, 1.82) is 0 Å². The summed E-state index contributed by atoms with van der Waals surface area (Å²) in [7, 11) is 0. The number of rotatable bonds is 21. The molecule has 2 nitrogen and oxygen atoms in total.